The number of hydrogen-bond acceptors (Lipinski definition) is 4. The molecule has 0 spiro atoms. The minimum Gasteiger partial charge on any atom is -0.322 e. The van der Waals surface area contributed by atoms with Gasteiger partial charge in [0.25, 0.3) is 10.0 Å². The third-order valence-electron chi connectivity index (χ3n) is 3.95. The zero-order valence-corrected chi connectivity index (χ0v) is 17.0. The summed E-state index contributed by atoms with van der Waals surface area (Å²) in [6.45, 7) is 1.68. The van der Waals surface area contributed by atoms with Crippen LogP contribution < -0.4 is 10.0 Å². The Morgan fingerprint density at radius 1 is 1.07 bits per heavy atom. The number of amides is 1. The lowest BCUT2D eigenvalue weighted by Gasteiger charge is -2.12. The normalized spacial score (nSPS) is 11.4. The van der Waals surface area contributed by atoms with E-state index in [4.69, 9.17) is 11.6 Å². The Balaban J connectivity index is 1.77. The van der Waals surface area contributed by atoms with Crippen molar-refractivity contribution in [3.05, 3.63) is 89.2 Å². The Morgan fingerprint density at radius 3 is 2.48 bits per heavy atom. The van der Waals surface area contributed by atoms with Crippen LogP contribution in [0.25, 0.3) is 6.08 Å². The summed E-state index contributed by atoms with van der Waals surface area (Å²) in [4.78, 5) is 16.2. The van der Waals surface area contributed by atoms with Gasteiger partial charge < -0.3 is 5.32 Å². The molecule has 0 aliphatic heterocycles. The first-order valence-corrected chi connectivity index (χ1v) is 10.5. The number of benzene rings is 2. The van der Waals surface area contributed by atoms with Crippen molar-refractivity contribution in [3.63, 3.8) is 0 Å². The monoisotopic (exact) mass is 427 g/mol. The molecule has 0 radical (unpaired) electrons. The Kier molecular flexibility index (Phi) is 6.31. The van der Waals surface area contributed by atoms with E-state index in [1.165, 1.54) is 12.1 Å². The lowest BCUT2D eigenvalue weighted by molar-refractivity contribution is -0.111. The summed E-state index contributed by atoms with van der Waals surface area (Å²) in [5, 5.41) is 3.17. The predicted molar refractivity (Wildman–Crippen MR) is 115 cm³/mol. The van der Waals surface area contributed by atoms with Gasteiger partial charge in [0.1, 0.15) is 0 Å². The van der Waals surface area contributed by atoms with Gasteiger partial charge in [0.2, 0.25) is 5.91 Å². The summed E-state index contributed by atoms with van der Waals surface area (Å²) < 4.78 is 28.1. The molecule has 0 saturated heterocycles. The smallest absolute Gasteiger partial charge is 0.262 e. The van der Waals surface area contributed by atoms with Crippen molar-refractivity contribution in [2.45, 2.75) is 11.8 Å². The maximum absolute atomic E-state index is 12.8. The van der Waals surface area contributed by atoms with E-state index in [1.807, 2.05) is 6.07 Å². The molecule has 0 aliphatic rings. The van der Waals surface area contributed by atoms with Crippen molar-refractivity contribution >= 4 is 45.0 Å². The molecule has 1 amide bonds. The van der Waals surface area contributed by atoms with Crippen LogP contribution in [0.1, 0.15) is 11.1 Å². The van der Waals surface area contributed by atoms with Gasteiger partial charge in [0.15, 0.2) is 0 Å². The number of sulfonamides is 1. The molecule has 3 aromatic rings. The number of carbonyl (C=O) groups is 1. The van der Waals surface area contributed by atoms with E-state index < -0.39 is 10.0 Å². The summed E-state index contributed by atoms with van der Waals surface area (Å²) in [5.41, 5.74) is 2.09. The number of aryl methyl sites for hydroxylation is 1. The molecule has 2 aromatic carbocycles. The van der Waals surface area contributed by atoms with E-state index in [2.05, 4.69) is 15.0 Å². The fourth-order valence-corrected chi connectivity index (χ4v) is 3.98. The Hall–Kier alpha value is -3.16. The van der Waals surface area contributed by atoms with Crippen LogP contribution in [-0.4, -0.2) is 19.3 Å². The van der Waals surface area contributed by atoms with Crippen LogP contribution in [0.5, 0.6) is 0 Å². The standard InChI is InChI=1S/C21H18ClN3O3S/c1-15-4-8-19(24-21(26)11-5-16-3-2-12-23-14-16)13-20(15)29(27,28)25-18-9-6-17(22)7-10-18/h2-14,25H,1H3,(H,24,26). The second-order valence-corrected chi connectivity index (χ2v) is 8.29. The summed E-state index contributed by atoms with van der Waals surface area (Å²) in [5.74, 6) is -0.383. The molecule has 1 heterocycles. The second kappa shape index (κ2) is 8.89. The van der Waals surface area contributed by atoms with Crippen LogP contribution in [0.4, 0.5) is 11.4 Å². The quantitative estimate of drug-likeness (QED) is 0.567. The number of pyridine rings is 1. The summed E-state index contributed by atoms with van der Waals surface area (Å²) >= 11 is 5.83. The van der Waals surface area contributed by atoms with Gasteiger partial charge in [-0.3, -0.25) is 14.5 Å². The van der Waals surface area contributed by atoms with Crippen LogP contribution in [0.3, 0.4) is 0 Å². The van der Waals surface area contributed by atoms with Crippen molar-refractivity contribution in [1.29, 1.82) is 0 Å². The number of aromatic nitrogens is 1. The molecule has 3 rings (SSSR count). The van der Waals surface area contributed by atoms with E-state index in [0.717, 1.165) is 5.56 Å². The fraction of sp³-hybridized carbons (Fsp3) is 0.0476. The number of nitrogens with zero attached hydrogens (tertiary/aromatic N) is 1. The molecule has 0 atom stereocenters. The van der Waals surface area contributed by atoms with Crippen LogP contribution in [-0.2, 0) is 14.8 Å². The molecule has 29 heavy (non-hydrogen) atoms. The lowest BCUT2D eigenvalue weighted by Crippen LogP contribution is -2.15. The molecule has 0 unspecified atom stereocenters. The molecule has 0 fully saturated rings. The first-order valence-electron chi connectivity index (χ1n) is 8.62. The van der Waals surface area contributed by atoms with Gasteiger partial charge in [-0.25, -0.2) is 8.42 Å². The SMILES string of the molecule is Cc1ccc(NC(=O)C=Cc2cccnc2)cc1S(=O)(=O)Nc1ccc(Cl)cc1. The van der Waals surface area contributed by atoms with Gasteiger partial charge >= 0.3 is 0 Å². The first kappa shape index (κ1) is 20.6. The summed E-state index contributed by atoms with van der Waals surface area (Å²) in [7, 11) is -3.84. The topological polar surface area (TPSA) is 88.2 Å². The minimum absolute atomic E-state index is 0.0708. The van der Waals surface area contributed by atoms with E-state index in [0.29, 0.717) is 22.0 Å². The highest BCUT2D eigenvalue weighted by atomic mass is 35.5. The highest BCUT2D eigenvalue weighted by molar-refractivity contribution is 7.92. The van der Waals surface area contributed by atoms with Crippen molar-refractivity contribution in [1.82, 2.24) is 4.98 Å². The van der Waals surface area contributed by atoms with Crippen molar-refractivity contribution < 1.29 is 13.2 Å². The third kappa shape index (κ3) is 5.66. The van der Waals surface area contributed by atoms with Gasteiger partial charge in [0, 0.05) is 34.9 Å². The van der Waals surface area contributed by atoms with Gasteiger partial charge in [-0.05, 0) is 66.6 Å². The Bertz CT molecular complexity index is 1150. The van der Waals surface area contributed by atoms with Crippen molar-refractivity contribution in [2.75, 3.05) is 10.0 Å². The zero-order chi connectivity index (χ0) is 20.9. The van der Waals surface area contributed by atoms with Crippen LogP contribution in [0, 0.1) is 6.92 Å². The number of anilines is 2. The molecular formula is C21H18ClN3O3S. The number of carbonyl (C=O) groups excluding carboxylic acids is 1. The number of hydrogen-bond donors (Lipinski definition) is 2. The summed E-state index contributed by atoms with van der Waals surface area (Å²) in [6.07, 6.45) is 6.25. The van der Waals surface area contributed by atoms with Crippen LogP contribution in [0.15, 0.2) is 78.0 Å². The highest BCUT2D eigenvalue weighted by Crippen LogP contribution is 2.24. The van der Waals surface area contributed by atoms with Gasteiger partial charge in [0.05, 0.1) is 4.90 Å². The second-order valence-electron chi connectivity index (χ2n) is 6.20. The summed E-state index contributed by atoms with van der Waals surface area (Å²) in [6, 6.07) is 14.6. The molecule has 1 aromatic heterocycles. The molecular weight excluding hydrogens is 410 g/mol. The fourth-order valence-electron chi connectivity index (χ4n) is 2.53. The van der Waals surface area contributed by atoms with Crippen LogP contribution >= 0.6 is 11.6 Å². The van der Waals surface area contributed by atoms with Crippen molar-refractivity contribution in [3.8, 4) is 0 Å². The first-order chi connectivity index (χ1) is 13.8. The number of rotatable bonds is 6. The number of nitrogens with one attached hydrogen (secondary N) is 2. The van der Waals surface area contributed by atoms with Crippen molar-refractivity contribution in [2.24, 2.45) is 0 Å². The Morgan fingerprint density at radius 2 is 1.79 bits per heavy atom. The highest BCUT2D eigenvalue weighted by Gasteiger charge is 2.18. The van der Waals surface area contributed by atoms with Gasteiger partial charge in [-0.2, -0.15) is 0 Å². The molecule has 148 valence electrons. The zero-order valence-electron chi connectivity index (χ0n) is 15.5. The van der Waals surface area contributed by atoms with Gasteiger partial charge in [-0.1, -0.05) is 23.7 Å². The molecule has 8 heteroatoms. The van der Waals surface area contributed by atoms with E-state index in [9.17, 15) is 13.2 Å². The predicted octanol–water partition coefficient (Wildman–Crippen LogP) is 4.50. The largest absolute Gasteiger partial charge is 0.322 e. The van der Waals surface area contributed by atoms with Crippen LogP contribution in [0.2, 0.25) is 5.02 Å². The molecule has 6 nitrogen and oxygen atoms in total. The van der Waals surface area contributed by atoms with E-state index in [1.54, 1.807) is 67.9 Å². The van der Waals surface area contributed by atoms with E-state index in [-0.39, 0.29) is 10.8 Å². The lowest BCUT2D eigenvalue weighted by atomic mass is 10.2. The maximum Gasteiger partial charge on any atom is 0.262 e. The Labute approximate surface area is 174 Å². The average molecular weight is 428 g/mol. The average Bonchev–Trinajstić information content (AvgIpc) is 2.70. The molecule has 0 aliphatic carbocycles. The van der Waals surface area contributed by atoms with E-state index >= 15 is 0 Å². The minimum atomic E-state index is -3.84. The van der Waals surface area contributed by atoms with Gasteiger partial charge in [-0.15, -0.1) is 0 Å². The molecule has 0 bridgehead atoms. The molecule has 0 saturated carbocycles. The molecule has 2 N–H and O–H groups in total. The number of halogens is 1. The third-order valence-corrected chi connectivity index (χ3v) is 5.73. The maximum atomic E-state index is 12.8.